The number of nitrogens with zero attached hydrogens (tertiary/aromatic N) is 1. The van der Waals surface area contributed by atoms with Crippen LogP contribution in [-0.2, 0) is 9.59 Å². The number of hydrogen-bond acceptors (Lipinski definition) is 3. The molecule has 1 aromatic rings. The summed E-state index contributed by atoms with van der Waals surface area (Å²) >= 11 is 0. The van der Waals surface area contributed by atoms with Gasteiger partial charge in [-0.2, -0.15) is 0 Å². The van der Waals surface area contributed by atoms with E-state index in [1.807, 2.05) is 0 Å². The van der Waals surface area contributed by atoms with Gasteiger partial charge in [0.15, 0.2) is 0 Å². The molecule has 0 bridgehead atoms. The molecule has 1 aliphatic rings. The van der Waals surface area contributed by atoms with E-state index in [1.165, 1.54) is 12.1 Å². The van der Waals surface area contributed by atoms with Gasteiger partial charge in [0.2, 0.25) is 0 Å². The maximum Gasteiger partial charge on any atom is 0.394 e. The van der Waals surface area contributed by atoms with Crippen molar-refractivity contribution in [3.05, 3.63) is 29.8 Å². The minimum atomic E-state index is -1.57. The Hall–Kier alpha value is -2.37. The molecule has 0 spiro atoms. The Labute approximate surface area is 122 Å². The van der Waals surface area contributed by atoms with Crippen LogP contribution in [0.25, 0.3) is 0 Å². The Balaban J connectivity index is 2.46. The van der Waals surface area contributed by atoms with Crippen LogP contribution < -0.4 is 4.90 Å². The largest absolute Gasteiger partial charge is 0.478 e. The summed E-state index contributed by atoms with van der Waals surface area (Å²) in [4.78, 5) is 35.6. The number of carbonyl (C=O) groups is 3. The van der Waals surface area contributed by atoms with Crippen LogP contribution in [0.1, 0.15) is 42.5 Å². The minimum absolute atomic E-state index is 0.0577. The normalized spacial score (nSPS) is 15.4. The van der Waals surface area contributed by atoms with Gasteiger partial charge >= 0.3 is 17.8 Å². The van der Waals surface area contributed by atoms with E-state index in [2.05, 4.69) is 0 Å². The van der Waals surface area contributed by atoms with Crippen molar-refractivity contribution in [3.8, 4) is 0 Å². The second-order valence-electron chi connectivity index (χ2n) is 5.09. The van der Waals surface area contributed by atoms with Gasteiger partial charge in [0.25, 0.3) is 0 Å². The van der Waals surface area contributed by atoms with E-state index in [4.69, 9.17) is 5.11 Å². The molecule has 0 aromatic heterocycles. The number of aromatic carboxylic acids is 1. The van der Waals surface area contributed by atoms with Gasteiger partial charge < -0.3 is 10.2 Å². The molecule has 6 heteroatoms. The van der Waals surface area contributed by atoms with Gasteiger partial charge in [-0.15, -0.1) is 0 Å². The maximum absolute atomic E-state index is 12.1. The molecule has 1 aromatic carbocycles. The molecule has 21 heavy (non-hydrogen) atoms. The first-order chi connectivity index (χ1) is 10.0. The average molecular weight is 291 g/mol. The Morgan fingerprint density at radius 3 is 2.19 bits per heavy atom. The highest BCUT2D eigenvalue weighted by Gasteiger charge is 2.33. The van der Waals surface area contributed by atoms with Crippen LogP contribution in [0.4, 0.5) is 5.69 Å². The number of anilines is 1. The number of carboxylic acids is 2. The van der Waals surface area contributed by atoms with Crippen LogP contribution in [0.2, 0.25) is 0 Å². The maximum atomic E-state index is 12.1. The first kappa shape index (κ1) is 15.0. The zero-order valence-electron chi connectivity index (χ0n) is 11.5. The molecule has 0 radical (unpaired) electrons. The first-order valence-electron chi connectivity index (χ1n) is 6.91. The topological polar surface area (TPSA) is 94.9 Å². The number of aliphatic carboxylic acids is 1. The number of amides is 1. The summed E-state index contributed by atoms with van der Waals surface area (Å²) in [5, 5.41) is 18.3. The van der Waals surface area contributed by atoms with Crippen molar-refractivity contribution in [1.82, 2.24) is 0 Å². The van der Waals surface area contributed by atoms with Crippen molar-refractivity contribution in [2.24, 2.45) is 0 Å². The van der Waals surface area contributed by atoms with Crippen LogP contribution in [-0.4, -0.2) is 34.1 Å². The lowest BCUT2D eigenvalue weighted by atomic mass is 9.93. The van der Waals surface area contributed by atoms with E-state index in [-0.39, 0.29) is 17.3 Å². The monoisotopic (exact) mass is 291 g/mol. The number of carboxylic acid groups (broad SMARTS) is 2. The molecule has 112 valence electrons. The predicted molar refractivity (Wildman–Crippen MR) is 75.4 cm³/mol. The third kappa shape index (κ3) is 3.21. The third-order valence-electron chi connectivity index (χ3n) is 3.74. The molecule has 0 aliphatic heterocycles. The zero-order chi connectivity index (χ0) is 15.4. The summed E-state index contributed by atoms with van der Waals surface area (Å²) in [6.45, 7) is 0. The second-order valence-corrected chi connectivity index (χ2v) is 5.09. The molecule has 6 nitrogen and oxygen atoms in total. The van der Waals surface area contributed by atoms with Crippen LogP contribution in [0.3, 0.4) is 0 Å². The molecule has 1 fully saturated rings. The summed E-state index contributed by atoms with van der Waals surface area (Å²) in [7, 11) is 0. The van der Waals surface area contributed by atoms with E-state index in [0.29, 0.717) is 12.8 Å². The molecule has 1 aliphatic carbocycles. The van der Waals surface area contributed by atoms with Gasteiger partial charge in [-0.25, -0.2) is 9.59 Å². The van der Waals surface area contributed by atoms with E-state index in [0.717, 1.165) is 24.2 Å². The number of hydrogen-bond donors (Lipinski definition) is 2. The van der Waals surface area contributed by atoms with Gasteiger partial charge in [-0.05, 0) is 25.0 Å². The summed E-state index contributed by atoms with van der Waals surface area (Å²) in [5.41, 5.74) is 0.0990. The molecule has 0 heterocycles. The van der Waals surface area contributed by atoms with Crippen LogP contribution in [0.15, 0.2) is 24.3 Å². The van der Waals surface area contributed by atoms with Gasteiger partial charge in [0, 0.05) is 6.04 Å². The highest BCUT2D eigenvalue weighted by Crippen LogP contribution is 2.30. The number of rotatable bonds is 3. The van der Waals surface area contributed by atoms with Crippen molar-refractivity contribution in [2.45, 2.75) is 38.1 Å². The lowest BCUT2D eigenvalue weighted by Gasteiger charge is -2.34. The van der Waals surface area contributed by atoms with Crippen molar-refractivity contribution in [1.29, 1.82) is 0 Å². The fourth-order valence-electron chi connectivity index (χ4n) is 2.78. The molecule has 1 saturated carbocycles. The van der Waals surface area contributed by atoms with Crippen LogP contribution >= 0.6 is 0 Å². The van der Waals surface area contributed by atoms with Gasteiger partial charge in [0.1, 0.15) is 0 Å². The summed E-state index contributed by atoms with van der Waals surface area (Å²) in [6, 6.07) is 5.76. The average Bonchev–Trinajstić information content (AvgIpc) is 2.48. The number of para-hydroxylation sites is 1. The Morgan fingerprint density at radius 1 is 1.00 bits per heavy atom. The predicted octanol–water partition coefficient (Wildman–Crippen LogP) is 2.14. The molecule has 2 N–H and O–H groups in total. The van der Waals surface area contributed by atoms with Gasteiger partial charge in [-0.3, -0.25) is 9.69 Å². The lowest BCUT2D eigenvalue weighted by Crippen LogP contribution is -2.45. The van der Waals surface area contributed by atoms with Crippen molar-refractivity contribution in [2.75, 3.05) is 4.90 Å². The van der Waals surface area contributed by atoms with Crippen molar-refractivity contribution in [3.63, 3.8) is 0 Å². The fraction of sp³-hybridized carbons (Fsp3) is 0.400. The third-order valence-corrected chi connectivity index (χ3v) is 3.74. The Morgan fingerprint density at radius 2 is 1.62 bits per heavy atom. The van der Waals surface area contributed by atoms with Crippen LogP contribution in [0.5, 0.6) is 0 Å². The highest BCUT2D eigenvalue weighted by molar-refractivity contribution is 6.37. The Kier molecular flexibility index (Phi) is 4.57. The van der Waals surface area contributed by atoms with Crippen LogP contribution in [0, 0.1) is 0 Å². The van der Waals surface area contributed by atoms with E-state index in [1.54, 1.807) is 12.1 Å². The molecular formula is C15H17NO5. The summed E-state index contributed by atoms with van der Waals surface area (Å²) in [6.07, 6.45) is 4.23. The van der Waals surface area contributed by atoms with E-state index < -0.39 is 17.8 Å². The SMILES string of the molecule is O=C(O)C(=O)N(c1ccccc1C(=O)O)C1CCCCC1. The van der Waals surface area contributed by atoms with Crippen molar-refractivity contribution < 1.29 is 24.6 Å². The number of carbonyl (C=O) groups excluding carboxylic acids is 1. The highest BCUT2D eigenvalue weighted by atomic mass is 16.4. The second kappa shape index (κ2) is 6.39. The molecule has 0 saturated heterocycles. The fourth-order valence-corrected chi connectivity index (χ4v) is 2.78. The van der Waals surface area contributed by atoms with Gasteiger partial charge in [-0.1, -0.05) is 31.4 Å². The zero-order valence-corrected chi connectivity index (χ0v) is 11.5. The van der Waals surface area contributed by atoms with E-state index >= 15 is 0 Å². The number of benzene rings is 1. The molecular weight excluding hydrogens is 274 g/mol. The molecule has 0 atom stereocenters. The standard InChI is InChI=1S/C15H17NO5/c17-13(15(20)21)16(10-6-2-1-3-7-10)12-9-5-4-8-11(12)14(18)19/h4-5,8-10H,1-3,6-7H2,(H,18,19)(H,20,21). The van der Waals surface area contributed by atoms with E-state index in [9.17, 15) is 19.5 Å². The first-order valence-corrected chi connectivity index (χ1v) is 6.91. The Bertz CT molecular complexity index is 563. The summed E-state index contributed by atoms with van der Waals surface area (Å²) in [5.74, 6) is -3.82. The minimum Gasteiger partial charge on any atom is -0.478 e. The summed E-state index contributed by atoms with van der Waals surface area (Å²) < 4.78 is 0. The molecule has 1 amide bonds. The smallest absolute Gasteiger partial charge is 0.394 e. The lowest BCUT2D eigenvalue weighted by molar-refractivity contribution is -0.149. The van der Waals surface area contributed by atoms with Gasteiger partial charge in [0.05, 0.1) is 11.3 Å². The van der Waals surface area contributed by atoms with Crippen molar-refractivity contribution >= 4 is 23.5 Å². The molecule has 2 rings (SSSR count). The molecule has 0 unspecified atom stereocenters. The quantitative estimate of drug-likeness (QED) is 0.832.